The maximum absolute atomic E-state index is 14.8. The van der Waals surface area contributed by atoms with Crippen LogP contribution in [0.5, 0.6) is 0 Å². The lowest BCUT2D eigenvalue weighted by molar-refractivity contribution is -0.295. The number of thioether (sulfide) groups is 1. The zero-order valence-corrected chi connectivity index (χ0v) is 40.0. The molecule has 3 aliphatic heterocycles. The van der Waals surface area contributed by atoms with Crippen molar-refractivity contribution in [2.24, 2.45) is 23.7 Å². The van der Waals surface area contributed by atoms with E-state index in [0.29, 0.717) is 29.6 Å². The van der Waals surface area contributed by atoms with Crippen LogP contribution in [0.15, 0.2) is 70.3 Å². The van der Waals surface area contributed by atoms with Gasteiger partial charge in [0.05, 0.1) is 23.9 Å². The summed E-state index contributed by atoms with van der Waals surface area (Å²) in [6.45, 7) is 14.2. The van der Waals surface area contributed by atoms with Crippen molar-refractivity contribution in [2.45, 2.75) is 140 Å². The van der Waals surface area contributed by atoms with Gasteiger partial charge in [-0.2, -0.15) is 0 Å². The third-order valence-corrected chi connectivity index (χ3v) is 14.5. The van der Waals surface area contributed by atoms with Crippen molar-refractivity contribution in [3.8, 4) is 22.6 Å². The van der Waals surface area contributed by atoms with Gasteiger partial charge in [-0.15, -0.1) is 0 Å². The molecule has 14 nitrogen and oxygen atoms in total. The fraction of sp³-hybridized carbons (Fsp3) is 0.612. The Morgan fingerprint density at radius 3 is 2.17 bits per heavy atom. The summed E-state index contributed by atoms with van der Waals surface area (Å²) in [7, 11) is 5.24. The third-order valence-electron chi connectivity index (χ3n) is 13.6. The minimum Gasteiger partial charge on any atom is -0.458 e. The number of esters is 1. The lowest BCUT2D eigenvalue weighted by Gasteiger charge is -2.47. The summed E-state index contributed by atoms with van der Waals surface area (Å²) in [5.41, 5.74) is -0.168. The van der Waals surface area contributed by atoms with E-state index < -0.39 is 83.4 Å². The molecule has 3 saturated heterocycles. The van der Waals surface area contributed by atoms with Crippen molar-refractivity contribution in [1.82, 2.24) is 14.8 Å². The maximum Gasteiger partial charge on any atom is 0.410 e. The van der Waals surface area contributed by atoms with Gasteiger partial charge in [-0.3, -0.25) is 14.4 Å². The molecule has 15 heteroatoms. The second-order valence-corrected chi connectivity index (χ2v) is 19.5. The van der Waals surface area contributed by atoms with Gasteiger partial charge in [-0.05, 0) is 67.5 Å². The Morgan fingerprint density at radius 2 is 1.56 bits per heavy atom. The van der Waals surface area contributed by atoms with E-state index in [2.05, 4.69) is 0 Å². The number of amides is 1. The molecule has 3 fully saturated rings. The number of nitrogens with zero attached hydrogens (tertiary/aromatic N) is 3. The molecule has 1 aromatic heterocycles. The van der Waals surface area contributed by atoms with Crippen LogP contribution in [0, 0.1) is 23.7 Å². The highest BCUT2D eigenvalue weighted by atomic mass is 32.2. The molecule has 13 atom stereocenters. The highest BCUT2D eigenvalue weighted by Crippen LogP contribution is 2.44. The molecular weight excluding hydrogens is 839 g/mol. The van der Waals surface area contributed by atoms with Crippen molar-refractivity contribution < 1.29 is 52.4 Å². The zero-order chi connectivity index (χ0) is 46.7. The van der Waals surface area contributed by atoms with E-state index in [1.54, 1.807) is 39.5 Å². The van der Waals surface area contributed by atoms with Gasteiger partial charge in [0.15, 0.2) is 23.4 Å². The highest BCUT2D eigenvalue weighted by molar-refractivity contribution is 7.99. The summed E-state index contributed by atoms with van der Waals surface area (Å²) >= 11 is 1.43. The fourth-order valence-electron chi connectivity index (χ4n) is 10.0. The van der Waals surface area contributed by atoms with Gasteiger partial charge in [0, 0.05) is 54.3 Å². The van der Waals surface area contributed by atoms with Gasteiger partial charge in [0.2, 0.25) is 0 Å². The molecule has 0 unspecified atom stereocenters. The second-order valence-electron chi connectivity index (χ2n) is 18.5. The minimum atomic E-state index is -1.44. The maximum atomic E-state index is 14.8. The number of ether oxygens (including phenoxy) is 5. The Bertz CT molecular complexity index is 2030. The molecule has 64 heavy (non-hydrogen) atoms. The quantitative estimate of drug-likeness (QED) is 0.0813. The number of carbonyl (C=O) groups excluding carboxylic acids is 4. The average Bonchev–Trinajstić information content (AvgIpc) is 3.83. The molecule has 4 heterocycles. The summed E-state index contributed by atoms with van der Waals surface area (Å²) in [5.74, 6) is -3.90. The van der Waals surface area contributed by atoms with E-state index >= 15 is 0 Å². The van der Waals surface area contributed by atoms with Crippen LogP contribution in [0.4, 0.5) is 4.79 Å². The predicted molar refractivity (Wildman–Crippen MR) is 242 cm³/mol. The van der Waals surface area contributed by atoms with E-state index in [1.165, 1.54) is 25.8 Å². The first-order valence-electron chi connectivity index (χ1n) is 22.6. The van der Waals surface area contributed by atoms with Crippen molar-refractivity contribution in [3.05, 3.63) is 60.7 Å². The number of carbonyl (C=O) groups is 4. The molecule has 1 amide bonds. The smallest absolute Gasteiger partial charge is 0.410 e. The molecule has 0 saturated carbocycles. The fourth-order valence-corrected chi connectivity index (χ4v) is 10.8. The molecule has 3 aromatic rings. The number of fused-ring (bicyclic) bond motifs is 1. The van der Waals surface area contributed by atoms with Gasteiger partial charge in [-0.1, -0.05) is 100 Å². The van der Waals surface area contributed by atoms with Crippen LogP contribution in [-0.4, -0.2) is 131 Å². The molecule has 0 radical (unpaired) electrons. The van der Waals surface area contributed by atoms with E-state index in [4.69, 9.17) is 33.1 Å². The van der Waals surface area contributed by atoms with E-state index in [9.17, 15) is 24.3 Å². The van der Waals surface area contributed by atoms with Gasteiger partial charge >= 0.3 is 12.1 Å². The number of likely N-dealkylation sites (N-methyl/N-ethyl adjacent to an activating group) is 1. The van der Waals surface area contributed by atoms with E-state index in [-0.39, 0.29) is 37.3 Å². The van der Waals surface area contributed by atoms with Gasteiger partial charge in [-0.25, -0.2) is 9.78 Å². The number of aliphatic hydroxyl groups is 1. The Hall–Kier alpha value is -4.12. The number of Topliss-reactive ketones (excluding diaryl/α,β-unsaturated/α-hetero) is 2. The van der Waals surface area contributed by atoms with Crippen LogP contribution in [-0.2, 0) is 38.1 Å². The molecule has 350 valence electrons. The summed E-state index contributed by atoms with van der Waals surface area (Å²) in [6.07, 6.45) is -3.71. The topological polar surface area (TPSA) is 167 Å². The number of ketones is 2. The normalized spacial score (nSPS) is 34.3. The first-order valence-corrected chi connectivity index (χ1v) is 23.6. The van der Waals surface area contributed by atoms with Gasteiger partial charge in [0.1, 0.15) is 29.6 Å². The van der Waals surface area contributed by atoms with Crippen molar-refractivity contribution in [2.75, 3.05) is 33.5 Å². The number of rotatable bonds is 12. The summed E-state index contributed by atoms with van der Waals surface area (Å²) in [6, 6.07) is 18.5. The number of aliphatic hydroxyl groups excluding tert-OH is 1. The first kappa shape index (κ1) is 49.3. The molecule has 0 spiro atoms. The first-order chi connectivity index (χ1) is 30.3. The van der Waals surface area contributed by atoms with E-state index in [1.807, 2.05) is 93.5 Å². The number of cyclic esters (lactones) is 1. The van der Waals surface area contributed by atoms with Crippen LogP contribution in [0.25, 0.3) is 22.6 Å². The number of hydrogen-bond donors (Lipinski definition) is 1. The van der Waals surface area contributed by atoms with Gasteiger partial charge < -0.3 is 43.0 Å². The molecule has 1 N–H and O–H groups in total. The van der Waals surface area contributed by atoms with Crippen LogP contribution in [0.3, 0.4) is 0 Å². The molecule has 2 aromatic carbocycles. The van der Waals surface area contributed by atoms with Crippen molar-refractivity contribution >= 4 is 35.4 Å². The highest BCUT2D eigenvalue weighted by Gasteiger charge is 2.60. The Balaban J connectivity index is 1.28. The van der Waals surface area contributed by atoms with Crippen LogP contribution in [0.1, 0.15) is 81.1 Å². The number of aromatic nitrogens is 1. The monoisotopic (exact) mass is 905 g/mol. The molecule has 3 aliphatic rings. The molecular formula is C49H67N3O11S. The van der Waals surface area contributed by atoms with E-state index in [0.717, 1.165) is 16.8 Å². The number of methoxy groups -OCH3 is 1. The lowest BCUT2D eigenvalue weighted by Crippen LogP contribution is -2.60. The van der Waals surface area contributed by atoms with Crippen molar-refractivity contribution in [3.63, 3.8) is 0 Å². The number of oxazole rings is 1. The van der Waals surface area contributed by atoms with Crippen LogP contribution >= 0.6 is 11.8 Å². The Morgan fingerprint density at radius 1 is 0.922 bits per heavy atom. The Kier molecular flexibility index (Phi) is 15.9. The molecule has 0 bridgehead atoms. The van der Waals surface area contributed by atoms with Crippen LogP contribution in [0.2, 0.25) is 0 Å². The molecule has 6 rings (SSSR count). The SMILES string of the molecule is CC[C@H]1OC(=O)[C@H](C)C(=O)[C@H](C)[C@@H](O[C@@H]2O[C@H](C)C[C@H](N(C)C)[C@H]2O)[C@](C)(OC)C[C@@H](C)C(=O)[C@H](C)[C@H]2N(CCCSc3nc(-c4ccccc4)c(-c4ccccc4)o3)C(=O)O[C@]12C. The number of hydrogen-bond acceptors (Lipinski definition) is 14. The minimum absolute atomic E-state index is 0.113. The lowest BCUT2D eigenvalue weighted by atomic mass is 9.73. The second kappa shape index (κ2) is 20.6. The predicted octanol–water partition coefficient (Wildman–Crippen LogP) is 7.69. The summed E-state index contributed by atoms with van der Waals surface area (Å²) in [5, 5.41) is 12.0. The summed E-state index contributed by atoms with van der Waals surface area (Å²) in [4.78, 5) is 65.7. The zero-order valence-electron chi connectivity index (χ0n) is 39.1. The largest absolute Gasteiger partial charge is 0.458 e. The number of benzene rings is 2. The molecule has 0 aliphatic carbocycles. The standard InChI is InChI=1S/C49H67N3O11S/c1-12-36-49(8)42(52(47(57)63-49)24-19-25-64-46-50-37(33-20-15-13-16-21-33)41(61-46)34-22-17-14-18-23-34)30(4)38(53)28(2)27-48(7,58-11)43(31(5)39(54)32(6)44(56)60-36)62-45-40(55)35(51(9)10)26-29(3)59-45/h13-18,20-23,28-32,35-36,40,42-43,45,55H,12,19,24-27H2,1-11H3/t28-,29-,30+,31+,32-,35+,36-,40-,42-,43-,45+,48-,49-/m1/s1. The Labute approximate surface area is 382 Å². The van der Waals surface area contributed by atoms with Crippen molar-refractivity contribution in [1.29, 1.82) is 0 Å². The third kappa shape index (κ3) is 10.1. The summed E-state index contributed by atoms with van der Waals surface area (Å²) < 4.78 is 37.7. The van der Waals surface area contributed by atoms with Crippen LogP contribution < -0.4 is 0 Å². The average molecular weight is 906 g/mol. The van der Waals surface area contributed by atoms with Gasteiger partial charge in [0.25, 0.3) is 5.22 Å².